The van der Waals surface area contributed by atoms with Crippen molar-refractivity contribution in [3.05, 3.63) is 35.4 Å². The summed E-state index contributed by atoms with van der Waals surface area (Å²) in [6.07, 6.45) is 2.37. The molecule has 0 saturated carbocycles. The lowest BCUT2D eigenvalue weighted by Gasteiger charge is -2.47. The molecule has 3 fully saturated rings. The van der Waals surface area contributed by atoms with Crippen molar-refractivity contribution in [1.82, 2.24) is 4.90 Å². The van der Waals surface area contributed by atoms with E-state index in [1.165, 1.54) is 18.9 Å². The Kier molecular flexibility index (Phi) is 3.54. The van der Waals surface area contributed by atoms with Crippen molar-refractivity contribution in [1.29, 1.82) is 0 Å². The molecule has 0 radical (unpaired) electrons. The van der Waals surface area contributed by atoms with E-state index in [1.54, 1.807) is 6.07 Å². The summed E-state index contributed by atoms with van der Waals surface area (Å²) in [5, 5.41) is 0. The normalized spacial score (nSPS) is 31.4. The first kappa shape index (κ1) is 13.0. The Morgan fingerprint density at radius 1 is 1.26 bits per heavy atom. The molecule has 2 bridgehead atoms. The Balaban J connectivity index is 1.88. The van der Waals surface area contributed by atoms with Crippen molar-refractivity contribution in [3.63, 3.8) is 0 Å². The summed E-state index contributed by atoms with van der Waals surface area (Å²) in [7, 11) is 0. The summed E-state index contributed by atoms with van der Waals surface area (Å²) in [6, 6.07) is 3.88. The first-order chi connectivity index (χ1) is 9.19. The highest BCUT2D eigenvalue weighted by molar-refractivity contribution is 5.24. The molecule has 3 aliphatic heterocycles. The van der Waals surface area contributed by atoms with Crippen LogP contribution in [0, 0.1) is 23.5 Å². The fourth-order valence-electron chi connectivity index (χ4n) is 3.80. The van der Waals surface area contributed by atoms with E-state index < -0.39 is 11.6 Å². The maximum absolute atomic E-state index is 14.0. The van der Waals surface area contributed by atoms with Crippen LogP contribution < -0.4 is 5.73 Å². The molecule has 2 atom stereocenters. The lowest BCUT2D eigenvalue weighted by molar-refractivity contribution is 0.0373. The number of hydrogen-bond donors (Lipinski definition) is 1. The summed E-state index contributed by atoms with van der Waals surface area (Å²) < 4.78 is 27.0. The van der Waals surface area contributed by atoms with Gasteiger partial charge in [0.25, 0.3) is 0 Å². The minimum absolute atomic E-state index is 0.00806. The molecule has 3 heterocycles. The SMILES string of the molecule is NCC(c1ccc(F)cc1F)C1CN2CCC1CC2. The van der Waals surface area contributed by atoms with E-state index in [9.17, 15) is 8.78 Å². The van der Waals surface area contributed by atoms with Crippen molar-refractivity contribution in [2.45, 2.75) is 18.8 Å². The summed E-state index contributed by atoms with van der Waals surface area (Å²) in [5.74, 6) is 0.0852. The first-order valence-electron chi connectivity index (χ1n) is 7.06. The molecule has 2 nitrogen and oxygen atoms in total. The van der Waals surface area contributed by atoms with Crippen LogP contribution in [0.2, 0.25) is 0 Å². The van der Waals surface area contributed by atoms with Gasteiger partial charge >= 0.3 is 0 Å². The highest BCUT2D eigenvalue weighted by atomic mass is 19.1. The van der Waals surface area contributed by atoms with Crippen LogP contribution in [0.1, 0.15) is 24.3 Å². The molecule has 1 aromatic rings. The third-order valence-electron chi connectivity index (χ3n) is 4.84. The van der Waals surface area contributed by atoms with Gasteiger partial charge < -0.3 is 10.6 Å². The van der Waals surface area contributed by atoms with Gasteiger partial charge in [0.15, 0.2) is 0 Å². The first-order valence-corrected chi connectivity index (χ1v) is 7.06. The quantitative estimate of drug-likeness (QED) is 0.910. The maximum atomic E-state index is 14.0. The average molecular weight is 266 g/mol. The Bertz CT molecular complexity index is 455. The summed E-state index contributed by atoms with van der Waals surface area (Å²) in [5.41, 5.74) is 6.48. The van der Waals surface area contributed by atoms with Crippen LogP contribution in [-0.2, 0) is 0 Å². The molecule has 0 amide bonds. The number of nitrogens with two attached hydrogens (primary N) is 1. The van der Waals surface area contributed by atoms with Gasteiger partial charge in [0, 0.05) is 18.5 Å². The fraction of sp³-hybridized carbons (Fsp3) is 0.600. The molecule has 3 aliphatic rings. The Labute approximate surface area is 112 Å². The van der Waals surface area contributed by atoms with Gasteiger partial charge in [-0.2, -0.15) is 0 Å². The van der Waals surface area contributed by atoms with Crippen LogP contribution >= 0.6 is 0 Å². The van der Waals surface area contributed by atoms with Crippen molar-refractivity contribution in [2.24, 2.45) is 17.6 Å². The number of rotatable bonds is 3. The number of hydrogen-bond acceptors (Lipinski definition) is 2. The lowest BCUT2D eigenvalue weighted by atomic mass is 9.70. The van der Waals surface area contributed by atoms with Crippen molar-refractivity contribution >= 4 is 0 Å². The number of nitrogens with zero attached hydrogens (tertiary/aromatic N) is 1. The van der Waals surface area contributed by atoms with Crippen LogP contribution in [0.15, 0.2) is 18.2 Å². The Morgan fingerprint density at radius 2 is 2.00 bits per heavy atom. The van der Waals surface area contributed by atoms with Gasteiger partial charge in [-0.1, -0.05) is 6.07 Å². The van der Waals surface area contributed by atoms with E-state index in [0.717, 1.165) is 25.7 Å². The van der Waals surface area contributed by atoms with Crippen LogP contribution in [0.4, 0.5) is 8.78 Å². The third-order valence-corrected chi connectivity index (χ3v) is 4.84. The van der Waals surface area contributed by atoms with Crippen LogP contribution in [0.5, 0.6) is 0 Å². The zero-order valence-corrected chi connectivity index (χ0v) is 11.0. The van der Waals surface area contributed by atoms with Gasteiger partial charge in [-0.05, 0) is 55.9 Å². The van der Waals surface area contributed by atoms with Crippen molar-refractivity contribution < 1.29 is 8.78 Å². The van der Waals surface area contributed by atoms with Gasteiger partial charge in [0.2, 0.25) is 0 Å². The smallest absolute Gasteiger partial charge is 0.129 e. The van der Waals surface area contributed by atoms with E-state index in [-0.39, 0.29) is 5.92 Å². The topological polar surface area (TPSA) is 29.3 Å². The molecule has 2 N–H and O–H groups in total. The molecule has 19 heavy (non-hydrogen) atoms. The lowest BCUT2D eigenvalue weighted by Crippen LogP contribution is -2.50. The molecule has 0 spiro atoms. The highest BCUT2D eigenvalue weighted by Crippen LogP contribution is 2.41. The number of halogens is 2. The van der Waals surface area contributed by atoms with Crippen molar-refractivity contribution in [2.75, 3.05) is 26.2 Å². The minimum Gasteiger partial charge on any atom is -0.330 e. The predicted molar refractivity (Wildman–Crippen MR) is 70.8 cm³/mol. The monoisotopic (exact) mass is 266 g/mol. The second kappa shape index (κ2) is 5.17. The van der Waals surface area contributed by atoms with Crippen molar-refractivity contribution in [3.8, 4) is 0 Å². The van der Waals surface area contributed by atoms with Crippen LogP contribution in [0.3, 0.4) is 0 Å². The van der Waals surface area contributed by atoms with E-state index in [0.29, 0.717) is 23.9 Å². The summed E-state index contributed by atoms with van der Waals surface area (Å²) in [4.78, 5) is 2.44. The number of piperidine rings is 3. The van der Waals surface area contributed by atoms with E-state index in [2.05, 4.69) is 4.90 Å². The molecule has 0 aromatic heterocycles. The zero-order valence-electron chi connectivity index (χ0n) is 11.0. The number of benzene rings is 1. The van der Waals surface area contributed by atoms with E-state index in [4.69, 9.17) is 5.73 Å². The second-order valence-corrected chi connectivity index (χ2v) is 5.81. The summed E-state index contributed by atoms with van der Waals surface area (Å²) in [6.45, 7) is 3.75. The molecule has 1 aromatic carbocycles. The molecule has 4 rings (SSSR count). The Hall–Kier alpha value is -1.00. The fourth-order valence-corrected chi connectivity index (χ4v) is 3.80. The van der Waals surface area contributed by atoms with Gasteiger partial charge in [-0.3, -0.25) is 0 Å². The molecule has 3 saturated heterocycles. The number of fused-ring (bicyclic) bond motifs is 3. The highest BCUT2D eigenvalue weighted by Gasteiger charge is 2.39. The largest absolute Gasteiger partial charge is 0.330 e. The molecular formula is C15H20F2N2. The predicted octanol–water partition coefficient (Wildman–Crippen LogP) is 2.35. The Morgan fingerprint density at radius 3 is 2.53 bits per heavy atom. The third kappa shape index (κ3) is 2.39. The van der Waals surface area contributed by atoms with Gasteiger partial charge in [0.05, 0.1) is 0 Å². The van der Waals surface area contributed by atoms with Gasteiger partial charge in [-0.25, -0.2) is 8.78 Å². The maximum Gasteiger partial charge on any atom is 0.129 e. The van der Waals surface area contributed by atoms with Crippen LogP contribution in [0.25, 0.3) is 0 Å². The van der Waals surface area contributed by atoms with Gasteiger partial charge in [0.1, 0.15) is 11.6 Å². The average Bonchev–Trinajstić information content (AvgIpc) is 2.43. The molecule has 0 aliphatic carbocycles. The van der Waals surface area contributed by atoms with E-state index >= 15 is 0 Å². The summed E-state index contributed by atoms with van der Waals surface area (Å²) >= 11 is 0. The standard InChI is InChI=1S/C15H20F2N2/c16-11-1-2-12(15(17)7-11)13(8-18)14-9-19-5-3-10(14)4-6-19/h1-2,7,10,13-14H,3-6,8-9,18H2. The zero-order chi connectivity index (χ0) is 13.4. The second-order valence-electron chi connectivity index (χ2n) is 5.81. The van der Waals surface area contributed by atoms with Crippen LogP contribution in [-0.4, -0.2) is 31.1 Å². The van der Waals surface area contributed by atoms with Gasteiger partial charge in [-0.15, -0.1) is 0 Å². The minimum atomic E-state index is -0.522. The molecule has 4 heteroatoms. The van der Waals surface area contributed by atoms with E-state index in [1.807, 2.05) is 0 Å². The molecule has 2 unspecified atom stereocenters. The molecule has 104 valence electrons. The molecular weight excluding hydrogens is 246 g/mol.